The number of carbonyl (C=O) groups excluding carboxylic acids is 1. The van der Waals surface area contributed by atoms with Gasteiger partial charge in [0, 0.05) is 40.9 Å². The van der Waals surface area contributed by atoms with Gasteiger partial charge in [-0.2, -0.15) is 0 Å². The summed E-state index contributed by atoms with van der Waals surface area (Å²) in [5.74, 6) is 0.498. The fourth-order valence-electron chi connectivity index (χ4n) is 3.08. The molecule has 3 aromatic rings. The molecule has 0 atom stereocenters. The Kier molecular flexibility index (Phi) is 5.79. The average Bonchev–Trinajstić information content (AvgIpc) is 3.07. The minimum Gasteiger partial charge on any atom is -0.383 e. The van der Waals surface area contributed by atoms with Gasteiger partial charge in [0.05, 0.1) is 12.4 Å². The number of fused-ring (bicyclic) bond motifs is 1. The van der Waals surface area contributed by atoms with Crippen LogP contribution in [0.5, 0.6) is 0 Å². The van der Waals surface area contributed by atoms with Crippen molar-refractivity contribution in [3.8, 4) is 0 Å². The summed E-state index contributed by atoms with van der Waals surface area (Å²) >= 11 is 3.17. The van der Waals surface area contributed by atoms with Crippen molar-refractivity contribution < 1.29 is 9.53 Å². The highest BCUT2D eigenvalue weighted by Crippen LogP contribution is 2.34. The summed E-state index contributed by atoms with van der Waals surface area (Å²) in [6.45, 7) is 9.60. The fourth-order valence-corrected chi connectivity index (χ4v) is 5.08. The van der Waals surface area contributed by atoms with E-state index in [1.54, 1.807) is 24.8 Å². The number of nitrogens with zero attached hydrogens (tertiary/aromatic N) is 3. The van der Waals surface area contributed by atoms with Crippen molar-refractivity contribution in [3.63, 3.8) is 0 Å². The number of ether oxygens (including phenoxy) is 1. The number of hydrogen-bond donors (Lipinski definition) is 0. The topological polar surface area (TPSA) is 57.0 Å². The number of thiophene rings is 1. The maximum Gasteiger partial charge on any atom is 0.174 e. The first-order valence-electron chi connectivity index (χ1n) is 8.46. The fraction of sp³-hybridized carbons (Fsp3) is 0.421. The van der Waals surface area contributed by atoms with Crippen LogP contribution in [-0.4, -0.2) is 39.8 Å². The molecule has 0 unspecified atom stereocenters. The molecule has 0 aliphatic carbocycles. The second-order valence-corrected chi connectivity index (χ2v) is 8.45. The van der Waals surface area contributed by atoms with Gasteiger partial charge in [-0.15, -0.1) is 11.3 Å². The minimum absolute atomic E-state index is 0.128. The van der Waals surface area contributed by atoms with Crippen molar-refractivity contribution in [2.45, 2.75) is 39.3 Å². The molecule has 0 aliphatic heterocycles. The number of methoxy groups -OCH3 is 1. The van der Waals surface area contributed by atoms with Crippen molar-refractivity contribution in [2.75, 3.05) is 19.5 Å². The lowest BCUT2D eigenvalue weighted by atomic mass is 10.2. The Labute approximate surface area is 161 Å². The molecule has 0 fully saturated rings. The number of hydrogen-bond acceptors (Lipinski definition) is 6. The van der Waals surface area contributed by atoms with E-state index >= 15 is 0 Å². The van der Waals surface area contributed by atoms with Crippen molar-refractivity contribution in [1.82, 2.24) is 14.5 Å². The van der Waals surface area contributed by atoms with Crippen LogP contribution < -0.4 is 0 Å². The van der Waals surface area contributed by atoms with Crippen LogP contribution in [0.15, 0.2) is 17.4 Å². The number of ketones is 1. The summed E-state index contributed by atoms with van der Waals surface area (Å²) in [6, 6.07) is 1.98. The Morgan fingerprint density at radius 1 is 1.27 bits per heavy atom. The molecule has 0 amide bonds. The number of carbonyl (C=O) groups is 1. The summed E-state index contributed by atoms with van der Waals surface area (Å²) in [5.41, 5.74) is 4.08. The molecular weight excluding hydrogens is 366 g/mol. The van der Waals surface area contributed by atoms with Gasteiger partial charge < -0.3 is 9.30 Å². The predicted molar refractivity (Wildman–Crippen MR) is 108 cm³/mol. The third-order valence-corrected chi connectivity index (χ3v) is 6.77. The van der Waals surface area contributed by atoms with Gasteiger partial charge in [-0.05, 0) is 39.3 Å². The first-order valence-corrected chi connectivity index (χ1v) is 10.3. The zero-order valence-corrected chi connectivity index (χ0v) is 17.4. The van der Waals surface area contributed by atoms with Crippen LogP contribution >= 0.6 is 23.1 Å². The van der Waals surface area contributed by atoms with E-state index in [1.807, 2.05) is 19.9 Å². The molecular formula is C19H23N3O2S2. The van der Waals surface area contributed by atoms with Crippen molar-refractivity contribution in [2.24, 2.45) is 0 Å². The summed E-state index contributed by atoms with van der Waals surface area (Å²) < 4.78 is 7.30. The Bertz CT molecular complexity index is 959. The first kappa shape index (κ1) is 19.1. The molecule has 0 radical (unpaired) electrons. The monoisotopic (exact) mass is 389 g/mol. The highest BCUT2D eigenvalue weighted by molar-refractivity contribution is 8.00. The van der Waals surface area contributed by atoms with E-state index in [9.17, 15) is 4.79 Å². The maximum absolute atomic E-state index is 12.8. The number of Topliss-reactive ketones (excluding diaryl/α,β-unsaturated/α-hetero) is 1. The van der Waals surface area contributed by atoms with E-state index in [0.717, 1.165) is 38.7 Å². The Morgan fingerprint density at radius 3 is 2.77 bits per heavy atom. The van der Waals surface area contributed by atoms with E-state index in [1.165, 1.54) is 22.2 Å². The van der Waals surface area contributed by atoms with Crippen LogP contribution in [0.25, 0.3) is 10.2 Å². The highest BCUT2D eigenvalue weighted by atomic mass is 32.2. The van der Waals surface area contributed by atoms with Gasteiger partial charge >= 0.3 is 0 Å². The van der Waals surface area contributed by atoms with E-state index in [4.69, 9.17) is 4.74 Å². The molecule has 7 heteroatoms. The van der Waals surface area contributed by atoms with Gasteiger partial charge in [0.1, 0.15) is 16.2 Å². The minimum atomic E-state index is 0.128. The van der Waals surface area contributed by atoms with Crippen LogP contribution in [0.3, 0.4) is 0 Å². The molecule has 3 heterocycles. The van der Waals surface area contributed by atoms with Crippen molar-refractivity contribution in [1.29, 1.82) is 0 Å². The third-order valence-electron chi connectivity index (χ3n) is 4.66. The summed E-state index contributed by atoms with van der Waals surface area (Å²) in [5, 5.41) is 1.97. The van der Waals surface area contributed by atoms with Crippen LogP contribution in [0.1, 0.15) is 32.2 Å². The molecule has 0 bridgehead atoms. The maximum atomic E-state index is 12.8. The number of thioether (sulfide) groups is 1. The SMILES string of the molecule is COCCn1c(C)cc(C(=O)CSc2ncnc3sc(C)c(C)c23)c1C. The molecule has 0 saturated carbocycles. The van der Waals surface area contributed by atoms with Gasteiger partial charge in [0.2, 0.25) is 0 Å². The molecule has 138 valence electrons. The normalized spacial score (nSPS) is 11.4. The summed E-state index contributed by atoms with van der Waals surface area (Å²) in [4.78, 5) is 23.8. The number of aryl methyl sites for hydroxylation is 3. The van der Waals surface area contributed by atoms with Crippen LogP contribution in [-0.2, 0) is 11.3 Å². The molecule has 3 rings (SSSR count). The lowest BCUT2D eigenvalue weighted by molar-refractivity contribution is 0.102. The van der Waals surface area contributed by atoms with E-state index in [-0.39, 0.29) is 5.78 Å². The van der Waals surface area contributed by atoms with E-state index in [0.29, 0.717) is 12.4 Å². The zero-order valence-electron chi connectivity index (χ0n) is 15.8. The van der Waals surface area contributed by atoms with Gasteiger partial charge in [0.15, 0.2) is 5.78 Å². The van der Waals surface area contributed by atoms with Gasteiger partial charge in [-0.25, -0.2) is 9.97 Å². The molecule has 5 nitrogen and oxygen atoms in total. The third kappa shape index (κ3) is 3.56. The first-order chi connectivity index (χ1) is 12.4. The van der Waals surface area contributed by atoms with Crippen LogP contribution in [0.2, 0.25) is 0 Å². The summed E-state index contributed by atoms with van der Waals surface area (Å²) in [7, 11) is 1.69. The number of aromatic nitrogens is 3. The van der Waals surface area contributed by atoms with Crippen LogP contribution in [0, 0.1) is 27.7 Å². The second-order valence-electron chi connectivity index (χ2n) is 6.28. The largest absolute Gasteiger partial charge is 0.383 e. The van der Waals surface area contributed by atoms with E-state index in [2.05, 4.69) is 28.4 Å². The Balaban J connectivity index is 1.80. The lowest BCUT2D eigenvalue weighted by Crippen LogP contribution is -2.09. The molecule has 0 saturated heterocycles. The summed E-state index contributed by atoms with van der Waals surface area (Å²) in [6.07, 6.45) is 1.58. The van der Waals surface area contributed by atoms with Gasteiger partial charge in [-0.1, -0.05) is 11.8 Å². The van der Waals surface area contributed by atoms with E-state index < -0.39 is 0 Å². The molecule has 0 aliphatic rings. The van der Waals surface area contributed by atoms with Crippen molar-refractivity contribution in [3.05, 3.63) is 39.8 Å². The smallest absolute Gasteiger partial charge is 0.174 e. The quantitative estimate of drug-likeness (QED) is 0.342. The van der Waals surface area contributed by atoms with Gasteiger partial charge in [0.25, 0.3) is 0 Å². The predicted octanol–water partition coefficient (Wildman–Crippen LogP) is 4.35. The van der Waals surface area contributed by atoms with Crippen molar-refractivity contribution >= 4 is 39.1 Å². The van der Waals surface area contributed by atoms with Crippen LogP contribution in [0.4, 0.5) is 0 Å². The lowest BCUT2D eigenvalue weighted by Gasteiger charge is -2.08. The Morgan fingerprint density at radius 2 is 2.04 bits per heavy atom. The standard InChI is InChI=1S/C19H23N3O2S2/c1-11-8-15(13(3)22(11)6-7-24-5)16(23)9-25-18-17-12(2)14(4)26-19(17)21-10-20-18/h8,10H,6-7,9H2,1-5H3. The number of rotatable bonds is 7. The van der Waals surface area contributed by atoms with Gasteiger partial charge in [-0.3, -0.25) is 4.79 Å². The average molecular weight is 390 g/mol. The molecule has 3 aromatic heterocycles. The molecule has 0 aromatic carbocycles. The Hall–Kier alpha value is -1.70. The second kappa shape index (κ2) is 7.90. The zero-order chi connectivity index (χ0) is 18.8. The molecule has 0 N–H and O–H groups in total. The highest BCUT2D eigenvalue weighted by Gasteiger charge is 2.18. The molecule has 0 spiro atoms. The molecule has 26 heavy (non-hydrogen) atoms.